The van der Waals surface area contributed by atoms with Crippen molar-refractivity contribution in [3.05, 3.63) is 50.2 Å². The predicted molar refractivity (Wildman–Crippen MR) is 78.5 cm³/mol. The van der Waals surface area contributed by atoms with Crippen LogP contribution in [0.2, 0.25) is 15.2 Å². The van der Waals surface area contributed by atoms with Gasteiger partial charge in [0, 0.05) is 7.05 Å². The van der Waals surface area contributed by atoms with Crippen molar-refractivity contribution >= 4 is 40.8 Å². The van der Waals surface area contributed by atoms with Gasteiger partial charge in [-0.05, 0) is 24.6 Å². The van der Waals surface area contributed by atoms with Gasteiger partial charge in [-0.2, -0.15) is 5.10 Å². The average Bonchev–Trinajstić information content (AvgIpc) is 2.64. The second kappa shape index (κ2) is 6.04. The molecule has 0 fully saturated rings. The number of nitrogens with zero attached hydrogens (tertiary/aromatic N) is 2. The summed E-state index contributed by atoms with van der Waals surface area (Å²) in [6, 6.07) is 5.03. The first kappa shape index (κ1) is 15.2. The zero-order valence-electron chi connectivity index (χ0n) is 10.8. The topological polar surface area (TPSA) is 44.1 Å². The highest BCUT2D eigenvalue weighted by Gasteiger charge is 2.20. The van der Waals surface area contributed by atoms with Crippen LogP contribution in [0.25, 0.3) is 0 Å². The molecule has 0 unspecified atom stereocenters. The number of carbonyl (C=O) groups is 1. The summed E-state index contributed by atoms with van der Waals surface area (Å²) in [5.74, 6) is -0.522. The second-order valence-corrected chi connectivity index (χ2v) is 5.37. The lowest BCUT2D eigenvalue weighted by Gasteiger charge is -2.06. The van der Waals surface area contributed by atoms with E-state index >= 15 is 0 Å². The van der Waals surface area contributed by atoms with Crippen LogP contribution in [-0.2, 0) is 18.4 Å². The van der Waals surface area contributed by atoms with E-state index in [0.29, 0.717) is 15.7 Å². The number of aromatic nitrogens is 2. The lowest BCUT2D eigenvalue weighted by molar-refractivity contribution is 0.0472. The Morgan fingerprint density at radius 2 is 2.00 bits per heavy atom. The summed E-state index contributed by atoms with van der Waals surface area (Å²) in [7, 11) is 1.66. The minimum absolute atomic E-state index is 0.0837. The minimum Gasteiger partial charge on any atom is -0.457 e. The van der Waals surface area contributed by atoms with Crippen LogP contribution in [0.1, 0.15) is 21.6 Å². The highest BCUT2D eigenvalue weighted by Crippen LogP contribution is 2.24. The molecule has 0 N–H and O–H groups in total. The maximum Gasteiger partial charge on any atom is 0.343 e. The number of esters is 1. The van der Waals surface area contributed by atoms with E-state index in [1.165, 1.54) is 4.68 Å². The van der Waals surface area contributed by atoms with Gasteiger partial charge in [-0.25, -0.2) is 4.79 Å². The standard InChI is InChI=1S/C13H11Cl3N2O2/c1-7-11(12(16)18(2)17-7)13(19)20-6-8-3-4-9(14)10(15)5-8/h3-5H,6H2,1-2H3. The molecule has 0 aliphatic rings. The zero-order chi connectivity index (χ0) is 14.9. The van der Waals surface area contributed by atoms with E-state index < -0.39 is 5.97 Å². The van der Waals surface area contributed by atoms with Crippen molar-refractivity contribution in [3.8, 4) is 0 Å². The first-order valence-corrected chi connectivity index (χ1v) is 6.83. The molecule has 4 nitrogen and oxygen atoms in total. The van der Waals surface area contributed by atoms with Gasteiger partial charge in [0.05, 0.1) is 15.7 Å². The normalized spacial score (nSPS) is 10.7. The fraction of sp³-hybridized carbons (Fsp3) is 0.231. The molecule has 0 amide bonds. The molecule has 0 aliphatic carbocycles. The van der Waals surface area contributed by atoms with Crippen molar-refractivity contribution in [2.75, 3.05) is 0 Å². The number of rotatable bonds is 3. The molecule has 0 saturated heterocycles. The molecule has 20 heavy (non-hydrogen) atoms. The number of aryl methyl sites for hydroxylation is 2. The summed E-state index contributed by atoms with van der Waals surface area (Å²) in [6.45, 7) is 1.78. The van der Waals surface area contributed by atoms with Gasteiger partial charge in [-0.3, -0.25) is 4.68 Å². The van der Waals surface area contributed by atoms with Gasteiger partial charge in [0.2, 0.25) is 0 Å². The molecule has 0 saturated carbocycles. The van der Waals surface area contributed by atoms with Gasteiger partial charge in [0.1, 0.15) is 17.3 Å². The van der Waals surface area contributed by atoms with Crippen molar-refractivity contribution in [1.29, 1.82) is 0 Å². The van der Waals surface area contributed by atoms with Crippen LogP contribution in [0.3, 0.4) is 0 Å². The smallest absolute Gasteiger partial charge is 0.343 e. The first-order valence-electron chi connectivity index (χ1n) is 5.70. The summed E-state index contributed by atoms with van der Waals surface area (Å²) < 4.78 is 6.63. The van der Waals surface area contributed by atoms with Crippen LogP contribution in [-0.4, -0.2) is 15.7 Å². The van der Waals surface area contributed by atoms with Crippen LogP contribution in [0.15, 0.2) is 18.2 Å². The maximum atomic E-state index is 12.0. The Bertz CT molecular complexity index is 668. The van der Waals surface area contributed by atoms with Crippen LogP contribution in [0.4, 0.5) is 0 Å². The minimum atomic E-state index is -0.522. The number of ether oxygens (including phenoxy) is 1. The molecule has 2 rings (SSSR count). The fourth-order valence-corrected chi connectivity index (χ4v) is 2.28. The highest BCUT2D eigenvalue weighted by atomic mass is 35.5. The Labute approximate surface area is 131 Å². The van der Waals surface area contributed by atoms with Crippen molar-refractivity contribution in [2.45, 2.75) is 13.5 Å². The van der Waals surface area contributed by atoms with Crippen molar-refractivity contribution in [2.24, 2.45) is 7.05 Å². The molecule has 1 heterocycles. The molecule has 0 aliphatic heterocycles. The van der Waals surface area contributed by atoms with E-state index in [4.69, 9.17) is 39.5 Å². The second-order valence-electron chi connectivity index (χ2n) is 4.20. The zero-order valence-corrected chi connectivity index (χ0v) is 13.1. The van der Waals surface area contributed by atoms with E-state index in [1.54, 1.807) is 32.2 Å². The molecule has 0 atom stereocenters. The molecule has 106 valence electrons. The van der Waals surface area contributed by atoms with E-state index in [2.05, 4.69) is 5.10 Å². The van der Waals surface area contributed by atoms with E-state index in [9.17, 15) is 4.79 Å². The first-order chi connectivity index (χ1) is 9.40. The molecular weight excluding hydrogens is 323 g/mol. The van der Waals surface area contributed by atoms with Crippen LogP contribution in [0, 0.1) is 6.92 Å². The Balaban J connectivity index is 2.10. The molecule has 0 radical (unpaired) electrons. The largest absolute Gasteiger partial charge is 0.457 e. The predicted octanol–water partition coefficient (Wildman–Crippen LogP) is 4.05. The SMILES string of the molecule is Cc1nn(C)c(Cl)c1C(=O)OCc1ccc(Cl)c(Cl)c1. The Kier molecular flexibility index (Phi) is 4.58. The van der Waals surface area contributed by atoms with Gasteiger partial charge >= 0.3 is 5.97 Å². The van der Waals surface area contributed by atoms with Gasteiger partial charge in [-0.1, -0.05) is 40.9 Å². The van der Waals surface area contributed by atoms with Crippen LogP contribution < -0.4 is 0 Å². The number of hydrogen-bond acceptors (Lipinski definition) is 3. The van der Waals surface area contributed by atoms with Gasteiger partial charge in [0.15, 0.2) is 0 Å². The summed E-state index contributed by atoms with van der Waals surface area (Å²) in [5, 5.41) is 5.17. The third-order valence-electron chi connectivity index (χ3n) is 2.71. The number of halogens is 3. The summed E-state index contributed by atoms with van der Waals surface area (Å²) in [5.41, 5.74) is 1.54. The molecule has 2 aromatic rings. The average molecular weight is 334 g/mol. The van der Waals surface area contributed by atoms with Gasteiger partial charge in [0.25, 0.3) is 0 Å². The molecule has 1 aromatic heterocycles. The molecule has 7 heteroatoms. The number of benzene rings is 1. The third-order valence-corrected chi connectivity index (χ3v) is 3.88. The van der Waals surface area contributed by atoms with Crippen molar-refractivity contribution in [1.82, 2.24) is 9.78 Å². The van der Waals surface area contributed by atoms with E-state index in [0.717, 1.165) is 5.56 Å². The van der Waals surface area contributed by atoms with Crippen LogP contribution >= 0.6 is 34.8 Å². The van der Waals surface area contributed by atoms with Crippen molar-refractivity contribution < 1.29 is 9.53 Å². The molecule has 0 spiro atoms. The monoisotopic (exact) mass is 332 g/mol. The maximum absolute atomic E-state index is 12.0. The van der Waals surface area contributed by atoms with Gasteiger partial charge in [-0.15, -0.1) is 0 Å². The third kappa shape index (κ3) is 3.08. The summed E-state index contributed by atoms with van der Waals surface area (Å²) in [6.07, 6.45) is 0. The van der Waals surface area contributed by atoms with Crippen LogP contribution in [0.5, 0.6) is 0 Å². The fourth-order valence-electron chi connectivity index (χ4n) is 1.71. The Morgan fingerprint density at radius 1 is 1.30 bits per heavy atom. The summed E-state index contributed by atoms with van der Waals surface area (Å²) >= 11 is 17.7. The number of hydrogen-bond donors (Lipinski definition) is 0. The Hall–Kier alpha value is -1.23. The summed E-state index contributed by atoms with van der Waals surface area (Å²) in [4.78, 5) is 12.0. The number of carbonyl (C=O) groups excluding carboxylic acids is 1. The lowest BCUT2D eigenvalue weighted by atomic mass is 10.2. The Morgan fingerprint density at radius 3 is 2.55 bits per heavy atom. The van der Waals surface area contributed by atoms with E-state index in [-0.39, 0.29) is 17.3 Å². The molecule has 1 aromatic carbocycles. The lowest BCUT2D eigenvalue weighted by Crippen LogP contribution is -2.06. The van der Waals surface area contributed by atoms with Crippen molar-refractivity contribution in [3.63, 3.8) is 0 Å². The van der Waals surface area contributed by atoms with E-state index in [1.807, 2.05) is 0 Å². The highest BCUT2D eigenvalue weighted by molar-refractivity contribution is 6.42. The molecule has 0 bridgehead atoms. The van der Waals surface area contributed by atoms with Gasteiger partial charge < -0.3 is 4.74 Å². The quantitative estimate of drug-likeness (QED) is 0.796. The molecular formula is C13H11Cl3N2O2.